The Kier molecular flexibility index (Phi) is 9.03. The van der Waals surface area contributed by atoms with Gasteiger partial charge >= 0.3 is 0 Å². The first-order chi connectivity index (χ1) is 18.5. The predicted molar refractivity (Wildman–Crippen MR) is 152 cm³/mol. The highest BCUT2D eigenvalue weighted by atomic mass is 35.5. The summed E-state index contributed by atoms with van der Waals surface area (Å²) in [6, 6.07) is 14.3. The van der Waals surface area contributed by atoms with E-state index in [1.807, 2.05) is 0 Å². The highest BCUT2D eigenvalue weighted by molar-refractivity contribution is 7.89. The zero-order valence-electron chi connectivity index (χ0n) is 21.1. The van der Waals surface area contributed by atoms with Crippen LogP contribution in [-0.4, -0.2) is 56.7 Å². The normalized spacial score (nSPS) is 14.9. The van der Waals surface area contributed by atoms with E-state index in [2.05, 4.69) is 10.6 Å². The second kappa shape index (κ2) is 12.3. The number of sulfonamides is 1. The second-order valence-corrected chi connectivity index (χ2v) is 12.5. The zero-order valence-corrected chi connectivity index (χ0v) is 23.5. The van der Waals surface area contributed by atoms with Gasteiger partial charge in [-0.15, -0.1) is 11.3 Å². The number of carbonyl (C=O) groups is 2. The summed E-state index contributed by atoms with van der Waals surface area (Å²) in [5.41, 5.74) is 7.59. The molecule has 1 fully saturated rings. The zero-order chi connectivity index (χ0) is 28.2. The van der Waals surface area contributed by atoms with Crippen LogP contribution >= 0.6 is 22.9 Å². The molecule has 3 aromatic rings. The van der Waals surface area contributed by atoms with Gasteiger partial charge in [0.25, 0.3) is 0 Å². The molecule has 206 valence electrons. The number of carbonyl (C=O) groups excluding carboxylic acids is 2. The molecular formula is C26H28ClN5O5S2. The maximum Gasteiger partial charge on any atom is 0.243 e. The fourth-order valence-electron chi connectivity index (χ4n) is 4.08. The molecule has 0 aliphatic carbocycles. The molecule has 1 aliphatic heterocycles. The lowest BCUT2D eigenvalue weighted by Crippen LogP contribution is -2.40. The Morgan fingerprint density at radius 3 is 2.41 bits per heavy atom. The molecule has 0 bridgehead atoms. The Morgan fingerprint density at radius 1 is 1.10 bits per heavy atom. The predicted octanol–water partition coefficient (Wildman–Crippen LogP) is 3.58. The Labute approximate surface area is 235 Å². The van der Waals surface area contributed by atoms with Crippen molar-refractivity contribution in [2.75, 3.05) is 31.6 Å². The Morgan fingerprint density at radius 2 is 1.79 bits per heavy atom. The van der Waals surface area contributed by atoms with Crippen LogP contribution in [0, 0.1) is 5.41 Å². The van der Waals surface area contributed by atoms with Crippen LogP contribution in [0.25, 0.3) is 10.4 Å². The minimum atomic E-state index is -3.79. The van der Waals surface area contributed by atoms with E-state index in [1.54, 1.807) is 61.5 Å². The fourth-order valence-corrected chi connectivity index (χ4v) is 6.81. The van der Waals surface area contributed by atoms with Crippen LogP contribution in [0.3, 0.4) is 0 Å². The average Bonchev–Trinajstić information content (AvgIpc) is 3.35. The third kappa shape index (κ3) is 7.02. The third-order valence-electron chi connectivity index (χ3n) is 6.11. The van der Waals surface area contributed by atoms with Gasteiger partial charge in [0.1, 0.15) is 12.3 Å². The summed E-state index contributed by atoms with van der Waals surface area (Å²) in [6.45, 7) is 2.96. The van der Waals surface area contributed by atoms with Crippen LogP contribution < -0.4 is 16.4 Å². The first-order valence-electron chi connectivity index (χ1n) is 12.1. The van der Waals surface area contributed by atoms with E-state index in [-0.39, 0.29) is 23.8 Å². The number of nitrogens with zero attached hydrogens (tertiary/aromatic N) is 1. The number of hydrogen-bond donors (Lipinski definition) is 4. The van der Waals surface area contributed by atoms with Crippen LogP contribution in [0.2, 0.25) is 4.34 Å². The maximum atomic E-state index is 13.5. The lowest BCUT2D eigenvalue weighted by molar-refractivity contribution is -0.127. The van der Waals surface area contributed by atoms with Gasteiger partial charge in [0.2, 0.25) is 21.8 Å². The smallest absolute Gasteiger partial charge is 0.243 e. The lowest BCUT2D eigenvalue weighted by atomic mass is 10.0. The molecule has 1 aliphatic rings. The molecule has 39 heavy (non-hydrogen) atoms. The molecule has 0 radical (unpaired) electrons. The summed E-state index contributed by atoms with van der Waals surface area (Å²) in [5.74, 6) is -1.08. The number of amides is 2. The maximum absolute atomic E-state index is 13.5. The Balaban J connectivity index is 1.49. The highest BCUT2D eigenvalue weighted by Crippen LogP contribution is 2.37. The number of nitrogens with one attached hydrogen (secondary N) is 3. The van der Waals surface area contributed by atoms with Gasteiger partial charge in [0, 0.05) is 34.8 Å². The van der Waals surface area contributed by atoms with Crippen molar-refractivity contribution in [1.82, 2.24) is 9.62 Å². The van der Waals surface area contributed by atoms with Crippen molar-refractivity contribution in [2.45, 2.75) is 24.3 Å². The largest absolute Gasteiger partial charge is 0.384 e. The number of ether oxygens (including phenoxy) is 1. The van der Waals surface area contributed by atoms with E-state index in [0.717, 1.165) is 0 Å². The van der Waals surface area contributed by atoms with Crippen molar-refractivity contribution in [3.05, 3.63) is 70.1 Å². The lowest BCUT2D eigenvalue weighted by Gasteiger charge is -2.27. The molecule has 0 spiro atoms. The molecule has 1 aromatic heterocycles. The molecule has 1 atom stereocenters. The van der Waals surface area contributed by atoms with Gasteiger partial charge in [0.05, 0.1) is 28.5 Å². The average molecular weight is 590 g/mol. The minimum Gasteiger partial charge on any atom is -0.384 e. The number of benzene rings is 2. The van der Waals surface area contributed by atoms with E-state index in [9.17, 15) is 18.0 Å². The van der Waals surface area contributed by atoms with E-state index in [4.69, 9.17) is 27.5 Å². The van der Waals surface area contributed by atoms with Gasteiger partial charge < -0.3 is 21.1 Å². The fraction of sp³-hybridized carbons (Fsp3) is 0.269. The number of thiophene rings is 1. The van der Waals surface area contributed by atoms with E-state index >= 15 is 0 Å². The monoisotopic (exact) mass is 589 g/mol. The molecule has 5 N–H and O–H groups in total. The summed E-state index contributed by atoms with van der Waals surface area (Å²) in [6.07, 6.45) is -0.407. The standard InChI is InChI=1S/C26H28ClN5O5S2/c1-16(30-24(33)15-25(34)31-19-5-2-17(3-6-19)26(28)29)18-4-8-22(20(14-18)21-7-9-23(27)38-21)39(35,36)32-10-12-37-13-11-32/h2-9,14,16H,10-13,15H2,1H3,(H3,28,29)(H,30,33)(H,31,34)/t16-/m0/s1. The van der Waals surface area contributed by atoms with Gasteiger partial charge in [-0.05, 0) is 61.0 Å². The summed E-state index contributed by atoms with van der Waals surface area (Å²) >= 11 is 7.42. The van der Waals surface area contributed by atoms with Crippen molar-refractivity contribution in [3.8, 4) is 10.4 Å². The quantitative estimate of drug-likeness (QED) is 0.170. The number of nitrogens with two attached hydrogens (primary N) is 1. The number of anilines is 1. The summed E-state index contributed by atoms with van der Waals surface area (Å²) in [5, 5.41) is 12.9. The SMILES string of the molecule is C[C@H](NC(=O)CC(=O)Nc1ccc(C(=N)N)cc1)c1ccc(S(=O)(=O)N2CCOCC2)c(-c2ccc(Cl)s2)c1. The van der Waals surface area contributed by atoms with Crippen molar-refractivity contribution in [3.63, 3.8) is 0 Å². The number of hydrogen-bond acceptors (Lipinski definition) is 7. The minimum absolute atomic E-state index is 0.0849. The number of nitrogen functional groups attached to an aromatic ring is 1. The Bertz CT molecular complexity index is 1480. The first kappa shape index (κ1) is 28.7. The summed E-state index contributed by atoms with van der Waals surface area (Å²) in [7, 11) is -3.79. The molecule has 0 saturated carbocycles. The molecule has 4 rings (SSSR count). The van der Waals surface area contributed by atoms with Crippen LogP contribution in [0.5, 0.6) is 0 Å². The van der Waals surface area contributed by atoms with E-state index in [0.29, 0.717) is 44.8 Å². The van der Waals surface area contributed by atoms with Crippen LogP contribution in [0.15, 0.2) is 59.5 Å². The third-order valence-corrected chi connectivity index (χ3v) is 9.33. The van der Waals surface area contributed by atoms with Crippen molar-refractivity contribution >= 4 is 56.3 Å². The van der Waals surface area contributed by atoms with Crippen LogP contribution in [0.4, 0.5) is 5.69 Å². The van der Waals surface area contributed by atoms with Gasteiger partial charge in [0.15, 0.2) is 0 Å². The van der Waals surface area contributed by atoms with Gasteiger partial charge in [-0.3, -0.25) is 15.0 Å². The molecule has 2 heterocycles. The number of halogens is 1. The van der Waals surface area contributed by atoms with E-state index in [1.165, 1.54) is 15.6 Å². The van der Waals surface area contributed by atoms with Gasteiger partial charge in [-0.1, -0.05) is 17.7 Å². The first-order valence-corrected chi connectivity index (χ1v) is 14.7. The molecule has 13 heteroatoms. The summed E-state index contributed by atoms with van der Waals surface area (Å²) in [4.78, 5) is 25.8. The number of rotatable bonds is 9. The number of amidine groups is 1. The molecular weight excluding hydrogens is 562 g/mol. The molecule has 1 saturated heterocycles. The van der Waals surface area contributed by atoms with Crippen LogP contribution in [-0.2, 0) is 24.3 Å². The van der Waals surface area contributed by atoms with Crippen LogP contribution in [0.1, 0.15) is 30.5 Å². The number of morpholine rings is 1. The van der Waals surface area contributed by atoms with E-state index < -0.39 is 34.3 Å². The molecule has 2 amide bonds. The Hall–Kier alpha value is -3.29. The molecule has 2 aromatic carbocycles. The molecule has 10 nitrogen and oxygen atoms in total. The topological polar surface area (TPSA) is 155 Å². The van der Waals surface area contributed by atoms with Gasteiger partial charge in [-0.2, -0.15) is 4.31 Å². The second-order valence-electron chi connectivity index (χ2n) is 8.88. The molecule has 0 unspecified atom stereocenters. The van der Waals surface area contributed by atoms with Crippen molar-refractivity contribution in [1.29, 1.82) is 5.41 Å². The summed E-state index contributed by atoms with van der Waals surface area (Å²) < 4.78 is 34.2. The highest BCUT2D eigenvalue weighted by Gasteiger charge is 2.30. The van der Waals surface area contributed by atoms with Crippen molar-refractivity contribution in [2.24, 2.45) is 5.73 Å². The van der Waals surface area contributed by atoms with Crippen molar-refractivity contribution < 1.29 is 22.7 Å². The van der Waals surface area contributed by atoms with Gasteiger partial charge in [-0.25, -0.2) is 8.42 Å².